The number of carbonyl (C=O) groups is 1. The van der Waals surface area contributed by atoms with Crippen molar-refractivity contribution in [1.82, 2.24) is 5.32 Å². The molecule has 0 bridgehead atoms. The number of ether oxygens (including phenoxy) is 1. The second kappa shape index (κ2) is 4.83. The third kappa shape index (κ3) is 2.21. The molecule has 7 heteroatoms. The number of esters is 1. The van der Waals surface area contributed by atoms with Crippen LogP contribution in [0.2, 0.25) is 0 Å². The van der Waals surface area contributed by atoms with Gasteiger partial charge in [-0.3, -0.25) is 10.1 Å². The van der Waals surface area contributed by atoms with Crippen LogP contribution in [-0.2, 0) is 9.53 Å². The normalized spacial score (nSPS) is 26.2. The van der Waals surface area contributed by atoms with Gasteiger partial charge in [-0.05, 0) is 13.8 Å². The number of aliphatic imine (C=N–C) groups is 1. The minimum atomic E-state index is -0.791. The molecule has 1 N–H and O–H groups in total. The molecular weight excluding hydrogens is 302 g/mol. The second-order valence-corrected chi connectivity index (χ2v) is 4.88. The molecular formula is C11H14BrN3O3. The van der Waals surface area contributed by atoms with Crippen LogP contribution in [0.15, 0.2) is 27.1 Å². The molecule has 2 aliphatic rings. The Morgan fingerprint density at radius 3 is 3.11 bits per heavy atom. The van der Waals surface area contributed by atoms with E-state index in [9.17, 15) is 10.0 Å². The average Bonchev–Trinajstić information content (AvgIpc) is 2.62. The van der Waals surface area contributed by atoms with E-state index >= 15 is 0 Å². The molecule has 6 nitrogen and oxygen atoms in total. The van der Waals surface area contributed by atoms with E-state index in [1.165, 1.54) is 6.20 Å². The first-order valence-electron chi connectivity index (χ1n) is 5.62. The number of nitrogens with zero attached hydrogens (tertiary/aromatic N) is 2. The molecule has 0 aliphatic carbocycles. The van der Waals surface area contributed by atoms with Crippen molar-refractivity contribution in [3.05, 3.63) is 27.3 Å². The maximum absolute atomic E-state index is 12.6. The summed E-state index contributed by atoms with van der Waals surface area (Å²) in [6, 6.07) is 0. The van der Waals surface area contributed by atoms with Gasteiger partial charge in [0, 0.05) is 21.5 Å². The lowest BCUT2D eigenvalue weighted by Crippen LogP contribution is -2.44. The molecule has 1 unspecified atom stereocenters. The largest absolute Gasteiger partial charge is 0.614 e. The fourth-order valence-electron chi connectivity index (χ4n) is 1.83. The van der Waals surface area contributed by atoms with E-state index < -0.39 is 4.65 Å². The van der Waals surface area contributed by atoms with Gasteiger partial charge in [-0.15, -0.1) is 0 Å². The molecule has 2 heterocycles. The summed E-state index contributed by atoms with van der Waals surface area (Å²) in [7, 11) is 0. The zero-order valence-corrected chi connectivity index (χ0v) is 11.8. The van der Waals surface area contributed by atoms with Gasteiger partial charge in [0.05, 0.1) is 25.3 Å². The Morgan fingerprint density at radius 1 is 1.72 bits per heavy atom. The van der Waals surface area contributed by atoms with Crippen LogP contribution in [0.4, 0.5) is 0 Å². The molecule has 0 spiro atoms. The average molecular weight is 316 g/mol. The third-order valence-electron chi connectivity index (χ3n) is 2.67. The van der Waals surface area contributed by atoms with Crippen molar-refractivity contribution < 1.29 is 14.2 Å². The van der Waals surface area contributed by atoms with Gasteiger partial charge < -0.3 is 9.94 Å². The van der Waals surface area contributed by atoms with Gasteiger partial charge in [0.1, 0.15) is 6.20 Å². The monoisotopic (exact) mass is 315 g/mol. The fourth-order valence-corrected chi connectivity index (χ4v) is 2.23. The molecule has 0 aromatic heterocycles. The van der Waals surface area contributed by atoms with Crippen LogP contribution in [0.1, 0.15) is 20.3 Å². The van der Waals surface area contributed by atoms with E-state index in [2.05, 4.69) is 26.2 Å². The molecule has 1 atom stereocenters. The predicted molar refractivity (Wildman–Crippen MR) is 70.0 cm³/mol. The standard InChI is InChI=1S/C11H14BrN3O3/c1-3-18-9(16)4-8-6-15(17)10(12)7(2)5-13-11(15)14-8/h6H,3-5H2,1-2H3,(H,13,14). The number of carbonyl (C=O) groups excluding carboxylic acids is 1. The summed E-state index contributed by atoms with van der Waals surface area (Å²) in [6.45, 7) is 4.39. The highest BCUT2D eigenvalue weighted by Crippen LogP contribution is 2.34. The number of hydrogen-bond acceptors (Lipinski definition) is 5. The van der Waals surface area contributed by atoms with E-state index in [1.807, 2.05) is 6.92 Å². The lowest BCUT2D eigenvalue weighted by atomic mass is 10.3. The highest BCUT2D eigenvalue weighted by molar-refractivity contribution is 9.11. The quantitative estimate of drug-likeness (QED) is 0.372. The van der Waals surface area contributed by atoms with Gasteiger partial charge in [0.25, 0.3) is 0 Å². The number of fused-ring (bicyclic) bond motifs is 1. The van der Waals surface area contributed by atoms with E-state index in [0.29, 0.717) is 23.5 Å². The van der Waals surface area contributed by atoms with Crippen molar-refractivity contribution >= 4 is 27.9 Å². The van der Waals surface area contributed by atoms with E-state index in [4.69, 9.17) is 4.74 Å². The highest BCUT2D eigenvalue weighted by Gasteiger charge is 2.39. The van der Waals surface area contributed by atoms with Gasteiger partial charge in [0.15, 0.2) is 4.61 Å². The van der Waals surface area contributed by atoms with Gasteiger partial charge in [-0.2, -0.15) is 0 Å². The summed E-state index contributed by atoms with van der Waals surface area (Å²) in [5.41, 5.74) is 1.40. The second-order valence-electron chi connectivity index (χ2n) is 4.13. The van der Waals surface area contributed by atoms with E-state index in [1.54, 1.807) is 6.92 Å². The molecule has 0 aromatic rings. The lowest BCUT2D eigenvalue weighted by Gasteiger charge is -2.35. The number of halogens is 1. The summed E-state index contributed by atoms with van der Waals surface area (Å²) in [5.74, 6) is -0.0769. The lowest BCUT2D eigenvalue weighted by molar-refractivity contribution is -0.677. The van der Waals surface area contributed by atoms with E-state index in [0.717, 1.165) is 5.57 Å². The zero-order chi connectivity index (χ0) is 13.3. The molecule has 0 amide bonds. The van der Waals surface area contributed by atoms with Crippen molar-refractivity contribution in [3.63, 3.8) is 0 Å². The Balaban J connectivity index is 2.19. The van der Waals surface area contributed by atoms with Gasteiger partial charge in [-0.1, -0.05) is 0 Å². The zero-order valence-electron chi connectivity index (χ0n) is 10.2. The minimum absolute atomic E-state index is 0.0500. The van der Waals surface area contributed by atoms with Crippen LogP contribution in [-0.4, -0.2) is 29.7 Å². The summed E-state index contributed by atoms with van der Waals surface area (Å²) in [6.07, 6.45) is 1.48. The smallest absolute Gasteiger partial charge is 0.312 e. The van der Waals surface area contributed by atoms with Crippen molar-refractivity contribution in [2.45, 2.75) is 20.3 Å². The molecule has 0 radical (unpaired) electrons. The number of rotatable bonds is 3. The van der Waals surface area contributed by atoms with Gasteiger partial charge >= 0.3 is 11.9 Å². The Labute approximate surface area is 113 Å². The molecule has 2 rings (SSSR count). The van der Waals surface area contributed by atoms with Crippen molar-refractivity contribution in [3.8, 4) is 0 Å². The van der Waals surface area contributed by atoms with Gasteiger partial charge in [-0.25, -0.2) is 9.64 Å². The van der Waals surface area contributed by atoms with Crippen molar-refractivity contribution in [1.29, 1.82) is 0 Å². The minimum Gasteiger partial charge on any atom is -0.614 e. The Bertz CT molecular complexity index is 484. The molecule has 0 saturated carbocycles. The summed E-state index contributed by atoms with van der Waals surface area (Å²) >= 11 is 3.30. The number of hydrogen-bond donors (Lipinski definition) is 1. The highest BCUT2D eigenvalue weighted by atomic mass is 79.9. The predicted octanol–water partition coefficient (Wildman–Crippen LogP) is 1.69. The van der Waals surface area contributed by atoms with Crippen molar-refractivity contribution in [2.75, 3.05) is 13.2 Å². The van der Waals surface area contributed by atoms with Crippen molar-refractivity contribution in [2.24, 2.45) is 4.99 Å². The van der Waals surface area contributed by atoms with Crippen LogP contribution >= 0.6 is 15.9 Å². The number of guanidine groups is 1. The Kier molecular flexibility index (Phi) is 3.56. The topological polar surface area (TPSA) is 73.8 Å². The number of hydroxylamine groups is 3. The number of quaternary nitrogens is 1. The van der Waals surface area contributed by atoms with Crippen LogP contribution in [0.3, 0.4) is 0 Å². The summed E-state index contributed by atoms with van der Waals surface area (Å²) < 4.78 is 4.57. The first-order valence-corrected chi connectivity index (χ1v) is 6.41. The maximum Gasteiger partial charge on any atom is 0.312 e. The summed E-state index contributed by atoms with van der Waals surface area (Å²) in [4.78, 5) is 15.6. The molecule has 2 aliphatic heterocycles. The Morgan fingerprint density at radius 2 is 2.44 bits per heavy atom. The maximum atomic E-state index is 12.6. The van der Waals surface area contributed by atoms with Crippen LogP contribution in [0, 0.1) is 5.21 Å². The SMILES string of the molecule is CCOC(=O)CC1=C[N+]2([O-])C(=NCC(C)=C2Br)N1. The molecule has 0 saturated heterocycles. The molecule has 0 fully saturated rings. The van der Waals surface area contributed by atoms with Crippen LogP contribution < -0.4 is 5.32 Å². The molecule has 0 aromatic carbocycles. The fraction of sp³-hybridized carbons (Fsp3) is 0.455. The Hall–Kier alpha value is -1.18. The van der Waals surface area contributed by atoms with Crippen LogP contribution in [0.5, 0.6) is 0 Å². The number of nitrogens with one attached hydrogen (secondary N) is 1. The van der Waals surface area contributed by atoms with Gasteiger partial charge in [0.2, 0.25) is 0 Å². The first-order chi connectivity index (χ1) is 8.47. The van der Waals surface area contributed by atoms with E-state index in [-0.39, 0.29) is 18.3 Å². The summed E-state index contributed by atoms with van der Waals surface area (Å²) in [5, 5.41) is 15.5. The molecule has 18 heavy (non-hydrogen) atoms. The van der Waals surface area contributed by atoms with Crippen LogP contribution in [0.25, 0.3) is 0 Å². The third-order valence-corrected chi connectivity index (χ3v) is 3.88. The first kappa shape index (κ1) is 13.3. The molecule has 98 valence electrons.